The summed E-state index contributed by atoms with van der Waals surface area (Å²) in [7, 11) is 0. The van der Waals surface area contributed by atoms with Crippen LogP contribution in [0.4, 0.5) is 26.3 Å². The van der Waals surface area contributed by atoms with Crippen molar-refractivity contribution in [1.29, 1.82) is 0 Å². The lowest BCUT2D eigenvalue weighted by atomic mass is 9.85. The van der Waals surface area contributed by atoms with Crippen LogP contribution in [-0.2, 0) is 34.5 Å². The third-order valence-corrected chi connectivity index (χ3v) is 8.15. The molecule has 2 N–H and O–H groups in total. The number of aliphatic carboxylic acids is 2. The summed E-state index contributed by atoms with van der Waals surface area (Å²) in [6, 6.07) is 3.66. The Morgan fingerprint density at radius 1 is 0.978 bits per heavy atom. The molecule has 0 bridgehead atoms. The number of carbonyl (C=O) groups excluding carboxylic acids is 1. The van der Waals surface area contributed by atoms with Gasteiger partial charge in [0, 0.05) is 44.2 Å². The first-order valence-corrected chi connectivity index (χ1v) is 14.1. The molecule has 1 aliphatic carbocycles. The molecule has 1 saturated carbocycles. The Labute approximate surface area is 252 Å². The van der Waals surface area contributed by atoms with E-state index in [-0.39, 0.29) is 16.9 Å². The topological polar surface area (TPSA) is 146 Å². The number of hydrogen-bond acceptors (Lipinski definition) is 7. The van der Waals surface area contributed by atoms with Gasteiger partial charge in [-0.05, 0) is 56.7 Å². The van der Waals surface area contributed by atoms with E-state index < -0.39 is 24.3 Å². The predicted molar refractivity (Wildman–Crippen MR) is 143 cm³/mol. The molecule has 17 heteroatoms. The average molecular weight is 648 g/mol. The van der Waals surface area contributed by atoms with Crippen molar-refractivity contribution in [3.05, 3.63) is 57.0 Å². The molecule has 11 nitrogen and oxygen atoms in total. The highest BCUT2D eigenvalue weighted by molar-refractivity contribution is 5.92. The van der Waals surface area contributed by atoms with Crippen LogP contribution in [0.1, 0.15) is 58.8 Å². The Hall–Kier alpha value is -4.02. The van der Waals surface area contributed by atoms with Crippen LogP contribution < -0.4 is 5.56 Å². The van der Waals surface area contributed by atoms with Crippen LogP contribution in [0.2, 0.25) is 0 Å². The van der Waals surface area contributed by atoms with E-state index in [0.717, 1.165) is 55.5 Å². The SMILES string of the molecule is Cc1ccc(C(=O)N2CCc3nc4n(c(=O)c3C2)CCC42CCN(CC3CC3)C2)nc1.O=C(O)C(F)(F)F.O=C(O)C(F)(F)F. The van der Waals surface area contributed by atoms with Crippen molar-refractivity contribution in [1.82, 2.24) is 24.3 Å². The molecule has 2 aromatic heterocycles. The van der Waals surface area contributed by atoms with Gasteiger partial charge in [0.25, 0.3) is 11.5 Å². The van der Waals surface area contributed by atoms with Crippen molar-refractivity contribution < 1.29 is 50.9 Å². The molecule has 2 fully saturated rings. The van der Waals surface area contributed by atoms with Gasteiger partial charge in [-0.3, -0.25) is 19.1 Å². The average Bonchev–Trinajstić information content (AvgIpc) is 3.58. The Bertz CT molecular complexity index is 1480. The number of aromatic nitrogens is 3. The Balaban J connectivity index is 0.000000277. The fourth-order valence-electron chi connectivity index (χ4n) is 5.66. The Morgan fingerprint density at radius 2 is 1.58 bits per heavy atom. The number of carboxylic acids is 2. The standard InChI is InChI=1S/C24H29N5O2.2C2HF3O2/c1-16-2-5-20(25-12-16)22(31)28-9-6-19-18(14-28)21(30)29-11-8-24(23(29)26-19)7-10-27(15-24)13-17-3-4-17;2*3-2(4,5)1(6)7/h2,5,12,17H,3-4,6-11,13-15H2,1H3;2*(H,6,7). The number of fused-ring (bicyclic) bond motifs is 3. The Kier molecular flexibility index (Phi) is 9.61. The van der Waals surface area contributed by atoms with Gasteiger partial charge < -0.3 is 20.0 Å². The molecule has 1 amide bonds. The molecule has 0 aromatic carbocycles. The van der Waals surface area contributed by atoms with Gasteiger partial charge in [-0.2, -0.15) is 26.3 Å². The normalized spacial score (nSPS) is 20.8. The number of pyridine rings is 1. The van der Waals surface area contributed by atoms with E-state index in [2.05, 4.69) is 9.88 Å². The number of hydrogen-bond donors (Lipinski definition) is 2. The summed E-state index contributed by atoms with van der Waals surface area (Å²) >= 11 is 0. The summed E-state index contributed by atoms with van der Waals surface area (Å²) in [5.41, 5.74) is 3.16. The van der Waals surface area contributed by atoms with E-state index in [1.54, 1.807) is 17.2 Å². The van der Waals surface area contributed by atoms with Crippen molar-refractivity contribution in [3.8, 4) is 0 Å². The van der Waals surface area contributed by atoms with E-state index >= 15 is 0 Å². The fraction of sp³-hybridized carbons (Fsp3) is 0.571. The summed E-state index contributed by atoms with van der Waals surface area (Å²) in [6.07, 6.45) is -2.96. The zero-order valence-corrected chi connectivity index (χ0v) is 24.1. The molecule has 2 aromatic rings. The first-order chi connectivity index (χ1) is 20.9. The zero-order valence-electron chi connectivity index (χ0n) is 24.1. The third kappa shape index (κ3) is 7.99. The number of nitrogens with zero attached hydrogens (tertiary/aromatic N) is 5. The number of carbonyl (C=O) groups is 3. The molecule has 246 valence electrons. The maximum absolute atomic E-state index is 13.4. The van der Waals surface area contributed by atoms with Crippen LogP contribution in [0, 0.1) is 12.8 Å². The van der Waals surface area contributed by atoms with Crippen LogP contribution in [0.25, 0.3) is 0 Å². The van der Waals surface area contributed by atoms with Crippen molar-refractivity contribution in [2.45, 2.75) is 69.9 Å². The molecule has 45 heavy (non-hydrogen) atoms. The van der Waals surface area contributed by atoms with Crippen molar-refractivity contribution >= 4 is 17.8 Å². The van der Waals surface area contributed by atoms with Crippen molar-refractivity contribution in [2.75, 3.05) is 26.2 Å². The van der Waals surface area contributed by atoms with Gasteiger partial charge in [0.1, 0.15) is 11.5 Å². The molecule has 0 radical (unpaired) electrons. The number of alkyl halides is 6. The van der Waals surface area contributed by atoms with E-state index in [4.69, 9.17) is 24.8 Å². The van der Waals surface area contributed by atoms with Crippen molar-refractivity contribution in [2.24, 2.45) is 5.92 Å². The maximum atomic E-state index is 13.4. The quantitative estimate of drug-likeness (QED) is 0.480. The van der Waals surface area contributed by atoms with Gasteiger partial charge >= 0.3 is 24.3 Å². The van der Waals surface area contributed by atoms with E-state index in [0.29, 0.717) is 30.8 Å². The minimum atomic E-state index is -5.08. The summed E-state index contributed by atoms with van der Waals surface area (Å²) in [5, 5.41) is 14.2. The maximum Gasteiger partial charge on any atom is 0.490 e. The lowest BCUT2D eigenvalue weighted by molar-refractivity contribution is -0.193. The largest absolute Gasteiger partial charge is 0.490 e. The lowest BCUT2D eigenvalue weighted by Gasteiger charge is -2.29. The van der Waals surface area contributed by atoms with E-state index in [9.17, 15) is 35.9 Å². The van der Waals surface area contributed by atoms with Gasteiger partial charge in [-0.15, -0.1) is 0 Å². The lowest BCUT2D eigenvalue weighted by Crippen LogP contribution is -2.42. The van der Waals surface area contributed by atoms with E-state index in [1.807, 2.05) is 17.6 Å². The van der Waals surface area contributed by atoms with Crippen LogP contribution >= 0.6 is 0 Å². The first-order valence-electron chi connectivity index (χ1n) is 14.1. The van der Waals surface area contributed by atoms with Gasteiger partial charge in [0.15, 0.2) is 0 Å². The smallest absolute Gasteiger partial charge is 0.475 e. The summed E-state index contributed by atoms with van der Waals surface area (Å²) in [6.45, 7) is 6.98. The van der Waals surface area contributed by atoms with Gasteiger partial charge in [0.2, 0.25) is 0 Å². The number of rotatable bonds is 3. The molecule has 4 aliphatic rings. The number of likely N-dealkylation sites (tertiary alicyclic amines) is 1. The fourth-order valence-corrected chi connectivity index (χ4v) is 5.66. The van der Waals surface area contributed by atoms with Crippen LogP contribution in [-0.4, -0.2) is 90.9 Å². The minimum Gasteiger partial charge on any atom is -0.475 e. The zero-order chi connectivity index (χ0) is 33.3. The van der Waals surface area contributed by atoms with Crippen LogP contribution in [0.3, 0.4) is 0 Å². The third-order valence-electron chi connectivity index (χ3n) is 8.15. The molecule has 1 saturated heterocycles. The Morgan fingerprint density at radius 3 is 2.11 bits per heavy atom. The monoisotopic (exact) mass is 647 g/mol. The highest BCUT2D eigenvalue weighted by Crippen LogP contribution is 2.42. The minimum absolute atomic E-state index is 0.0435. The summed E-state index contributed by atoms with van der Waals surface area (Å²) < 4.78 is 65.4. The molecule has 1 atom stereocenters. The van der Waals surface area contributed by atoms with E-state index in [1.165, 1.54) is 19.4 Å². The highest BCUT2D eigenvalue weighted by atomic mass is 19.4. The highest BCUT2D eigenvalue weighted by Gasteiger charge is 2.48. The summed E-state index contributed by atoms with van der Waals surface area (Å²) in [5.74, 6) is -3.73. The molecule has 1 unspecified atom stereocenters. The number of amides is 1. The van der Waals surface area contributed by atoms with Gasteiger partial charge in [-0.1, -0.05) is 6.07 Å². The molecule has 1 spiro atoms. The number of halogens is 6. The molecular formula is C28H31F6N5O6. The molecule has 3 aliphatic heterocycles. The number of aryl methyl sites for hydroxylation is 1. The predicted octanol–water partition coefficient (Wildman–Crippen LogP) is 3.17. The second-order valence-corrected chi connectivity index (χ2v) is 11.6. The second-order valence-electron chi connectivity index (χ2n) is 11.6. The second kappa shape index (κ2) is 12.8. The number of carboxylic acid groups (broad SMARTS) is 2. The molecule has 5 heterocycles. The van der Waals surface area contributed by atoms with Crippen LogP contribution in [0.15, 0.2) is 23.1 Å². The van der Waals surface area contributed by atoms with Crippen LogP contribution in [0.5, 0.6) is 0 Å². The van der Waals surface area contributed by atoms with Crippen molar-refractivity contribution in [3.63, 3.8) is 0 Å². The molecular weight excluding hydrogens is 616 g/mol. The van der Waals surface area contributed by atoms with Gasteiger partial charge in [-0.25, -0.2) is 14.6 Å². The van der Waals surface area contributed by atoms with Gasteiger partial charge in [0.05, 0.1) is 17.8 Å². The first kappa shape index (κ1) is 33.9. The molecule has 6 rings (SSSR count). The summed E-state index contributed by atoms with van der Waals surface area (Å²) in [4.78, 5) is 57.8.